The predicted molar refractivity (Wildman–Crippen MR) is 122 cm³/mol. The van der Waals surface area contributed by atoms with Gasteiger partial charge in [0.05, 0.1) is 11.5 Å². The molecule has 29 heavy (non-hydrogen) atoms. The van der Waals surface area contributed by atoms with Crippen molar-refractivity contribution in [2.75, 3.05) is 32.0 Å². The van der Waals surface area contributed by atoms with Crippen LogP contribution in [0.25, 0.3) is 5.31 Å². The van der Waals surface area contributed by atoms with E-state index in [0.29, 0.717) is 8.58 Å². The molecule has 0 aliphatic carbocycles. The number of carbonyl (C=O) groups excluding carboxylic acids is 1. The van der Waals surface area contributed by atoms with Crippen molar-refractivity contribution in [2.24, 2.45) is 4.99 Å². The minimum absolute atomic E-state index is 0.00640. The predicted octanol–water partition coefficient (Wildman–Crippen LogP) is 3.49. The Morgan fingerprint density at radius 2 is 2.28 bits per heavy atom. The van der Waals surface area contributed by atoms with Crippen molar-refractivity contribution in [1.82, 2.24) is 9.80 Å². The van der Waals surface area contributed by atoms with Crippen LogP contribution in [0.15, 0.2) is 52.8 Å². The van der Waals surface area contributed by atoms with Crippen LogP contribution >= 0.6 is 8.58 Å². The Hall–Kier alpha value is -2.56. The molecule has 2 N–H and O–H groups in total. The smallest absolute Gasteiger partial charge is 0.252 e. The molecule has 0 saturated heterocycles. The van der Waals surface area contributed by atoms with E-state index in [2.05, 4.69) is 23.2 Å². The molecule has 0 saturated carbocycles. The quantitative estimate of drug-likeness (QED) is 0.580. The number of anilines is 1. The molecule has 1 amide bonds. The monoisotopic (exact) mass is 407 g/mol. The van der Waals surface area contributed by atoms with Crippen molar-refractivity contribution in [3.8, 4) is 0 Å². The summed E-state index contributed by atoms with van der Waals surface area (Å²) in [7, 11) is 2.27. The number of amides is 1. The zero-order chi connectivity index (χ0) is 20.4. The van der Waals surface area contributed by atoms with Crippen LogP contribution in [0.4, 0.5) is 5.69 Å². The molecule has 1 aromatic carbocycles. The maximum absolute atomic E-state index is 12.9. The van der Waals surface area contributed by atoms with Crippen molar-refractivity contribution in [3.63, 3.8) is 0 Å². The van der Waals surface area contributed by atoms with Crippen LogP contribution in [0.3, 0.4) is 0 Å². The van der Waals surface area contributed by atoms with E-state index in [1.807, 2.05) is 42.6 Å². The molecule has 7 heteroatoms. The van der Waals surface area contributed by atoms with Gasteiger partial charge in [0, 0.05) is 56.1 Å². The van der Waals surface area contributed by atoms with Crippen molar-refractivity contribution in [1.29, 1.82) is 5.41 Å². The third kappa shape index (κ3) is 3.96. The number of rotatable bonds is 5. The molecule has 0 aromatic heterocycles. The topological polar surface area (TPSA) is 71.8 Å². The average Bonchev–Trinajstić information content (AvgIpc) is 2.78. The van der Waals surface area contributed by atoms with E-state index in [4.69, 9.17) is 10.4 Å². The zero-order valence-electron chi connectivity index (χ0n) is 16.8. The number of carbonyl (C=O) groups is 1. The molecular formula is C22H26N5OP. The SMILES string of the molecule is CCN1CC=C(C2=CN3C(=O)C=C(c4ccc(NC)c(C=N)c4)PC3C=N2)CC1. The second kappa shape index (κ2) is 8.44. The minimum Gasteiger partial charge on any atom is -0.388 e. The molecule has 0 fully saturated rings. The lowest BCUT2D eigenvalue weighted by atomic mass is 10.0. The Bertz CT molecular complexity index is 962. The summed E-state index contributed by atoms with van der Waals surface area (Å²) in [6.07, 6.45) is 10.1. The number of benzene rings is 1. The van der Waals surface area contributed by atoms with E-state index in [0.717, 1.165) is 53.9 Å². The zero-order valence-corrected chi connectivity index (χ0v) is 17.8. The second-order valence-electron chi connectivity index (χ2n) is 7.25. The number of nitrogens with one attached hydrogen (secondary N) is 2. The van der Waals surface area contributed by atoms with E-state index in [9.17, 15) is 4.79 Å². The van der Waals surface area contributed by atoms with Crippen LogP contribution in [0.5, 0.6) is 0 Å². The van der Waals surface area contributed by atoms with Crippen molar-refractivity contribution < 1.29 is 4.79 Å². The molecule has 0 radical (unpaired) electrons. The Kier molecular flexibility index (Phi) is 5.74. The summed E-state index contributed by atoms with van der Waals surface area (Å²) < 4.78 is 0. The fourth-order valence-electron chi connectivity index (χ4n) is 3.82. The molecular weight excluding hydrogens is 381 g/mol. The fourth-order valence-corrected chi connectivity index (χ4v) is 5.15. The Labute approximate surface area is 173 Å². The number of nitrogens with zero attached hydrogens (tertiary/aromatic N) is 3. The van der Waals surface area contributed by atoms with Gasteiger partial charge in [-0.05, 0) is 41.5 Å². The summed E-state index contributed by atoms with van der Waals surface area (Å²) in [4.78, 5) is 21.8. The number of hydrogen-bond donors (Lipinski definition) is 2. The standard InChI is InChI=1S/C22H26N5OP/c1-3-26-8-6-15(7-9-26)19-14-27-21(28)11-20(29-22(27)13-25-19)16-4-5-18(24-2)17(10-16)12-23/h4-6,10-14,22-24,29H,3,7-9H2,1-2H3. The van der Waals surface area contributed by atoms with Gasteiger partial charge in [0.15, 0.2) is 0 Å². The third-order valence-electron chi connectivity index (χ3n) is 5.60. The lowest BCUT2D eigenvalue weighted by Crippen LogP contribution is -2.38. The molecule has 0 spiro atoms. The van der Waals surface area contributed by atoms with Crippen molar-refractivity contribution in [2.45, 2.75) is 19.1 Å². The lowest BCUT2D eigenvalue weighted by molar-refractivity contribution is -0.123. The average molecular weight is 407 g/mol. The van der Waals surface area contributed by atoms with Crippen LogP contribution in [0, 0.1) is 5.41 Å². The van der Waals surface area contributed by atoms with Crippen LogP contribution in [-0.2, 0) is 4.79 Å². The molecule has 3 aliphatic rings. The first-order valence-electron chi connectivity index (χ1n) is 9.94. The number of likely N-dealkylation sites (N-methyl/N-ethyl adjacent to an activating group) is 1. The van der Waals surface area contributed by atoms with Crippen LogP contribution in [0.2, 0.25) is 0 Å². The van der Waals surface area contributed by atoms with Gasteiger partial charge in [0.25, 0.3) is 5.91 Å². The summed E-state index contributed by atoms with van der Waals surface area (Å²) in [5.41, 5.74) is 4.86. The molecule has 3 heterocycles. The van der Waals surface area contributed by atoms with Gasteiger partial charge < -0.3 is 15.6 Å². The third-order valence-corrected chi connectivity index (χ3v) is 7.07. The molecule has 3 aliphatic heterocycles. The Balaban J connectivity index is 1.57. The van der Waals surface area contributed by atoms with E-state index in [1.54, 1.807) is 6.08 Å². The van der Waals surface area contributed by atoms with Gasteiger partial charge in [0.2, 0.25) is 0 Å². The van der Waals surface area contributed by atoms with Gasteiger partial charge in [0.1, 0.15) is 0 Å². The number of aliphatic imine (C=N–C) groups is 1. The van der Waals surface area contributed by atoms with Gasteiger partial charge in [-0.3, -0.25) is 14.7 Å². The largest absolute Gasteiger partial charge is 0.388 e. The first-order valence-corrected chi connectivity index (χ1v) is 11.0. The lowest BCUT2D eigenvalue weighted by Gasteiger charge is -2.34. The highest BCUT2D eigenvalue weighted by Gasteiger charge is 2.30. The fraction of sp³-hybridized carbons (Fsp3) is 0.318. The molecule has 150 valence electrons. The van der Waals surface area contributed by atoms with E-state index in [-0.39, 0.29) is 11.7 Å². The minimum atomic E-state index is -0.0324. The summed E-state index contributed by atoms with van der Waals surface area (Å²) in [6.45, 7) is 5.22. The van der Waals surface area contributed by atoms with E-state index in [1.165, 1.54) is 11.8 Å². The van der Waals surface area contributed by atoms with Crippen molar-refractivity contribution in [3.05, 3.63) is 58.9 Å². The van der Waals surface area contributed by atoms with Crippen LogP contribution in [-0.4, -0.2) is 60.6 Å². The van der Waals surface area contributed by atoms with Gasteiger partial charge in [-0.15, -0.1) is 0 Å². The first-order chi connectivity index (χ1) is 14.1. The summed E-state index contributed by atoms with van der Waals surface area (Å²) in [6, 6.07) is 5.93. The highest BCUT2D eigenvalue weighted by Crippen LogP contribution is 2.44. The van der Waals surface area contributed by atoms with Gasteiger partial charge in [-0.2, -0.15) is 0 Å². The maximum Gasteiger partial charge on any atom is 0.252 e. The molecule has 1 aromatic rings. The highest BCUT2D eigenvalue weighted by molar-refractivity contribution is 7.52. The number of hydrogen-bond acceptors (Lipinski definition) is 5. The van der Waals surface area contributed by atoms with Gasteiger partial charge in [-0.25, -0.2) is 0 Å². The first kappa shape index (κ1) is 19.7. The molecule has 2 unspecified atom stereocenters. The summed E-state index contributed by atoms with van der Waals surface area (Å²) >= 11 is 0. The van der Waals surface area contributed by atoms with Crippen LogP contribution < -0.4 is 5.32 Å². The number of fused-ring (bicyclic) bond motifs is 1. The summed E-state index contributed by atoms with van der Waals surface area (Å²) in [5, 5.41) is 11.7. The van der Waals surface area contributed by atoms with Crippen molar-refractivity contribution >= 4 is 37.9 Å². The molecule has 4 rings (SSSR count). The normalized spacial score (nSPS) is 22.7. The Morgan fingerprint density at radius 1 is 1.41 bits per heavy atom. The number of allylic oxidation sites excluding steroid dienone is 1. The van der Waals surface area contributed by atoms with Gasteiger partial charge >= 0.3 is 0 Å². The Morgan fingerprint density at radius 3 is 2.97 bits per heavy atom. The van der Waals surface area contributed by atoms with E-state index >= 15 is 0 Å². The molecule has 2 atom stereocenters. The van der Waals surface area contributed by atoms with E-state index < -0.39 is 0 Å². The second-order valence-corrected chi connectivity index (χ2v) is 8.67. The van der Waals surface area contributed by atoms with Gasteiger partial charge in [-0.1, -0.05) is 27.6 Å². The highest BCUT2D eigenvalue weighted by atomic mass is 31.1. The molecule has 6 nitrogen and oxygen atoms in total. The molecule has 0 bridgehead atoms. The van der Waals surface area contributed by atoms with Crippen LogP contribution in [0.1, 0.15) is 24.5 Å². The maximum atomic E-state index is 12.9. The summed E-state index contributed by atoms with van der Waals surface area (Å²) in [5.74, 6) is -0.0388.